The first kappa shape index (κ1) is 19.2. The van der Waals surface area contributed by atoms with Gasteiger partial charge in [0.2, 0.25) is 0 Å². The number of benzene rings is 2. The summed E-state index contributed by atoms with van der Waals surface area (Å²) in [6.07, 6.45) is 0. The van der Waals surface area contributed by atoms with Crippen LogP contribution in [-0.4, -0.2) is 22.6 Å². The second-order valence-corrected chi connectivity index (χ2v) is 8.61. The lowest BCUT2D eigenvalue weighted by atomic mass is 10.2. The quantitative estimate of drug-likeness (QED) is 0.586. The van der Waals surface area contributed by atoms with Gasteiger partial charge in [0.25, 0.3) is 10.0 Å². The molecule has 0 N–H and O–H groups in total. The molecule has 142 valence electrons. The van der Waals surface area contributed by atoms with Crippen LogP contribution >= 0.6 is 11.3 Å². The van der Waals surface area contributed by atoms with Crippen LogP contribution < -0.4 is 13.8 Å². The van der Waals surface area contributed by atoms with E-state index >= 15 is 0 Å². The second kappa shape index (κ2) is 7.98. The van der Waals surface area contributed by atoms with E-state index in [1.54, 1.807) is 35.7 Å². The number of hydrogen-bond acceptors (Lipinski definition) is 5. The third-order valence-electron chi connectivity index (χ3n) is 3.95. The van der Waals surface area contributed by atoms with Crippen molar-refractivity contribution in [1.82, 2.24) is 0 Å². The smallest absolute Gasteiger partial charge is 0.274 e. The Morgan fingerprint density at radius 2 is 1.74 bits per heavy atom. The zero-order valence-corrected chi connectivity index (χ0v) is 16.4. The van der Waals surface area contributed by atoms with Gasteiger partial charge in [0.1, 0.15) is 21.5 Å². The van der Waals surface area contributed by atoms with E-state index in [1.807, 2.05) is 0 Å². The number of hydrogen-bond donors (Lipinski definition) is 0. The first-order chi connectivity index (χ1) is 13.0. The maximum Gasteiger partial charge on any atom is 0.274 e. The van der Waals surface area contributed by atoms with Crippen LogP contribution in [-0.2, 0) is 16.6 Å². The summed E-state index contributed by atoms with van der Waals surface area (Å²) in [5.41, 5.74) is 0.767. The van der Waals surface area contributed by atoms with Crippen LogP contribution in [0.1, 0.15) is 5.56 Å². The highest BCUT2D eigenvalue weighted by molar-refractivity contribution is 7.94. The Labute approximate surface area is 161 Å². The molecule has 0 spiro atoms. The highest BCUT2D eigenvalue weighted by atomic mass is 32.2. The maximum atomic E-state index is 13.8. The van der Waals surface area contributed by atoms with Crippen molar-refractivity contribution in [2.45, 2.75) is 10.8 Å². The second-order valence-electron chi connectivity index (χ2n) is 5.57. The number of thiophene rings is 1. The molecule has 0 saturated heterocycles. The molecule has 1 aromatic heterocycles. The number of anilines is 1. The predicted molar refractivity (Wildman–Crippen MR) is 104 cm³/mol. The molecular weight excluding hydrogens is 389 g/mol. The van der Waals surface area contributed by atoms with Gasteiger partial charge in [-0.25, -0.2) is 12.8 Å². The summed E-state index contributed by atoms with van der Waals surface area (Å²) in [6, 6.07) is 14.0. The van der Waals surface area contributed by atoms with E-state index in [4.69, 9.17) is 9.47 Å². The molecule has 3 rings (SSSR count). The van der Waals surface area contributed by atoms with E-state index in [2.05, 4.69) is 0 Å². The molecule has 5 nitrogen and oxygen atoms in total. The summed E-state index contributed by atoms with van der Waals surface area (Å²) in [6.45, 7) is -0.110. The largest absolute Gasteiger partial charge is 0.496 e. The van der Waals surface area contributed by atoms with E-state index in [1.165, 1.54) is 42.8 Å². The number of ether oxygens (including phenoxy) is 2. The van der Waals surface area contributed by atoms with Gasteiger partial charge in [0.05, 0.1) is 26.5 Å². The van der Waals surface area contributed by atoms with Crippen LogP contribution in [0.25, 0.3) is 0 Å². The third-order valence-corrected chi connectivity index (χ3v) is 7.08. The van der Waals surface area contributed by atoms with Crippen LogP contribution in [0.5, 0.6) is 11.5 Å². The van der Waals surface area contributed by atoms with Gasteiger partial charge in [-0.05, 0) is 41.8 Å². The van der Waals surface area contributed by atoms with Crippen molar-refractivity contribution in [3.63, 3.8) is 0 Å². The van der Waals surface area contributed by atoms with Crippen LogP contribution in [0.2, 0.25) is 0 Å². The Bertz CT molecular complexity index is 1020. The summed E-state index contributed by atoms with van der Waals surface area (Å²) in [4.78, 5) is 0. The molecule has 0 aliphatic carbocycles. The lowest BCUT2D eigenvalue weighted by Crippen LogP contribution is -2.30. The minimum absolute atomic E-state index is 0.110. The standard InChI is InChI=1S/C19H18FNO4S2/c1-24-17-10-9-15(20)12-14(17)13-21(16-6-3-4-7-18(16)25-2)27(22,23)19-8-5-11-26-19/h3-12H,13H2,1-2H3. The fourth-order valence-electron chi connectivity index (χ4n) is 2.68. The molecule has 0 radical (unpaired) electrons. The first-order valence-corrected chi connectivity index (χ1v) is 10.3. The van der Waals surface area contributed by atoms with Crippen molar-refractivity contribution in [3.8, 4) is 11.5 Å². The molecule has 8 heteroatoms. The monoisotopic (exact) mass is 407 g/mol. The average Bonchev–Trinajstić information content (AvgIpc) is 3.22. The minimum atomic E-state index is -3.89. The highest BCUT2D eigenvalue weighted by Gasteiger charge is 2.29. The molecule has 0 aliphatic heterocycles. The molecular formula is C19H18FNO4S2. The number of halogens is 1. The Balaban J connectivity index is 2.16. The molecule has 0 atom stereocenters. The zero-order valence-electron chi connectivity index (χ0n) is 14.8. The number of nitrogens with zero attached hydrogens (tertiary/aromatic N) is 1. The van der Waals surface area contributed by atoms with Gasteiger partial charge in [-0.1, -0.05) is 18.2 Å². The van der Waals surface area contributed by atoms with Crippen molar-refractivity contribution in [3.05, 3.63) is 71.4 Å². The molecule has 0 unspecified atom stereocenters. The molecule has 1 heterocycles. The summed E-state index contributed by atoms with van der Waals surface area (Å²) in [5.74, 6) is 0.324. The molecule has 0 saturated carbocycles. The third kappa shape index (κ3) is 3.91. The summed E-state index contributed by atoms with van der Waals surface area (Å²) >= 11 is 1.11. The van der Waals surface area contributed by atoms with Gasteiger partial charge in [-0.3, -0.25) is 4.31 Å². The van der Waals surface area contributed by atoms with Crippen molar-refractivity contribution >= 4 is 27.0 Å². The van der Waals surface area contributed by atoms with Crippen molar-refractivity contribution in [2.24, 2.45) is 0 Å². The molecule has 3 aromatic rings. The Morgan fingerprint density at radius 1 is 1.00 bits per heavy atom. The molecule has 0 fully saturated rings. The van der Waals surface area contributed by atoms with Gasteiger partial charge < -0.3 is 9.47 Å². The SMILES string of the molecule is COc1ccc(F)cc1CN(c1ccccc1OC)S(=O)(=O)c1cccs1. The summed E-state index contributed by atoms with van der Waals surface area (Å²) < 4.78 is 52.4. The fraction of sp³-hybridized carbons (Fsp3) is 0.158. The Kier molecular flexibility index (Phi) is 5.67. The van der Waals surface area contributed by atoms with Crippen LogP contribution in [0.3, 0.4) is 0 Å². The van der Waals surface area contributed by atoms with E-state index in [9.17, 15) is 12.8 Å². The van der Waals surface area contributed by atoms with Crippen molar-refractivity contribution < 1.29 is 22.3 Å². The van der Waals surface area contributed by atoms with Gasteiger partial charge >= 0.3 is 0 Å². The summed E-state index contributed by atoms with van der Waals surface area (Å²) in [5, 5.41) is 1.69. The van der Waals surface area contributed by atoms with Crippen molar-refractivity contribution in [1.29, 1.82) is 0 Å². The predicted octanol–water partition coefficient (Wildman–Crippen LogP) is 4.30. The molecule has 27 heavy (non-hydrogen) atoms. The molecule has 0 bridgehead atoms. The van der Waals surface area contributed by atoms with E-state index < -0.39 is 15.8 Å². The first-order valence-electron chi connectivity index (χ1n) is 7.99. The number of methoxy groups -OCH3 is 2. The normalized spacial score (nSPS) is 11.2. The lowest BCUT2D eigenvalue weighted by Gasteiger charge is -2.26. The van der Waals surface area contributed by atoms with Crippen LogP contribution in [0.15, 0.2) is 64.2 Å². The van der Waals surface area contributed by atoms with Gasteiger partial charge in [-0.15, -0.1) is 11.3 Å². The topological polar surface area (TPSA) is 55.8 Å². The van der Waals surface area contributed by atoms with Gasteiger partial charge in [-0.2, -0.15) is 0 Å². The number of para-hydroxylation sites is 2. The zero-order chi connectivity index (χ0) is 19.4. The Hall–Kier alpha value is -2.58. The minimum Gasteiger partial charge on any atom is -0.496 e. The lowest BCUT2D eigenvalue weighted by molar-refractivity contribution is 0.407. The van der Waals surface area contributed by atoms with Crippen LogP contribution in [0.4, 0.5) is 10.1 Å². The van der Waals surface area contributed by atoms with Gasteiger partial charge in [0, 0.05) is 5.56 Å². The van der Waals surface area contributed by atoms with Crippen LogP contribution in [0, 0.1) is 5.82 Å². The Morgan fingerprint density at radius 3 is 2.41 bits per heavy atom. The average molecular weight is 407 g/mol. The van der Waals surface area contributed by atoms with Gasteiger partial charge in [0.15, 0.2) is 0 Å². The highest BCUT2D eigenvalue weighted by Crippen LogP contribution is 2.36. The van der Waals surface area contributed by atoms with E-state index in [-0.39, 0.29) is 10.8 Å². The fourth-order valence-corrected chi connectivity index (χ4v) is 5.24. The van der Waals surface area contributed by atoms with E-state index in [0.717, 1.165) is 11.3 Å². The maximum absolute atomic E-state index is 13.8. The number of sulfonamides is 1. The van der Waals surface area contributed by atoms with Crippen molar-refractivity contribution in [2.75, 3.05) is 18.5 Å². The molecule has 0 amide bonds. The molecule has 0 aliphatic rings. The summed E-state index contributed by atoms with van der Waals surface area (Å²) in [7, 11) is -0.959. The molecule has 2 aromatic carbocycles. The van der Waals surface area contributed by atoms with E-state index in [0.29, 0.717) is 22.7 Å². The number of rotatable bonds is 7.